The summed E-state index contributed by atoms with van der Waals surface area (Å²) in [6, 6.07) is 13.1. The zero-order valence-corrected chi connectivity index (χ0v) is 16.7. The van der Waals surface area contributed by atoms with Gasteiger partial charge in [0, 0.05) is 15.3 Å². The molecule has 2 aromatic carbocycles. The first-order valence-electron chi connectivity index (χ1n) is 7.29. The van der Waals surface area contributed by atoms with Gasteiger partial charge in [-0.05, 0) is 82.8 Å². The van der Waals surface area contributed by atoms with Crippen molar-refractivity contribution >= 4 is 57.6 Å². The lowest BCUT2D eigenvalue weighted by Gasteiger charge is -2.08. The van der Waals surface area contributed by atoms with Crippen LogP contribution in [0.3, 0.4) is 0 Å². The first-order chi connectivity index (χ1) is 12.0. The molecule has 0 aliphatic heterocycles. The molecule has 130 valence electrons. The molecule has 2 rings (SSSR count). The molecule has 0 fully saturated rings. The summed E-state index contributed by atoms with van der Waals surface area (Å²) in [4.78, 5) is 12.0. The van der Waals surface area contributed by atoms with E-state index in [1.54, 1.807) is 32.4 Å². The maximum Gasteiger partial charge on any atom is 0.250 e. The van der Waals surface area contributed by atoms with Crippen molar-refractivity contribution in [2.24, 2.45) is 0 Å². The molecule has 0 aliphatic rings. The van der Waals surface area contributed by atoms with Gasteiger partial charge in [0.2, 0.25) is 5.91 Å². The lowest BCUT2D eigenvalue weighted by molar-refractivity contribution is -0.115. The number of carbonyl (C=O) groups excluding carboxylic acids is 1. The van der Waals surface area contributed by atoms with Gasteiger partial charge in [0.05, 0.1) is 14.2 Å². The van der Waals surface area contributed by atoms with Crippen molar-refractivity contribution in [3.8, 4) is 11.5 Å². The van der Waals surface area contributed by atoms with Crippen LogP contribution < -0.4 is 20.1 Å². The molecule has 0 heterocycles. The van der Waals surface area contributed by atoms with Gasteiger partial charge in [-0.2, -0.15) is 0 Å². The summed E-state index contributed by atoms with van der Waals surface area (Å²) >= 11 is 7.35. The zero-order chi connectivity index (χ0) is 18.2. The molecule has 0 aliphatic carbocycles. The van der Waals surface area contributed by atoms with Crippen molar-refractivity contribution < 1.29 is 14.3 Å². The van der Waals surface area contributed by atoms with E-state index in [1.807, 2.05) is 30.3 Å². The SMILES string of the molecule is COc1ccc(/C=C/C(=O)NC(=S)Nc2ccc(I)cc2)cc1OC. The molecule has 5 nitrogen and oxygen atoms in total. The van der Waals surface area contributed by atoms with E-state index in [0.29, 0.717) is 11.5 Å². The predicted molar refractivity (Wildman–Crippen MR) is 112 cm³/mol. The number of benzene rings is 2. The highest BCUT2D eigenvalue weighted by Gasteiger charge is 2.04. The molecule has 0 spiro atoms. The molecule has 0 saturated carbocycles. The summed E-state index contributed by atoms with van der Waals surface area (Å²) in [6.45, 7) is 0. The number of anilines is 1. The van der Waals surface area contributed by atoms with Crippen LogP contribution in [0.4, 0.5) is 5.69 Å². The molecule has 2 N–H and O–H groups in total. The summed E-state index contributed by atoms with van der Waals surface area (Å²) in [5.41, 5.74) is 1.62. The highest BCUT2D eigenvalue weighted by Crippen LogP contribution is 2.27. The van der Waals surface area contributed by atoms with Crippen LogP contribution in [0, 0.1) is 3.57 Å². The van der Waals surface area contributed by atoms with Crippen LogP contribution >= 0.6 is 34.8 Å². The van der Waals surface area contributed by atoms with Crippen molar-refractivity contribution in [2.75, 3.05) is 19.5 Å². The van der Waals surface area contributed by atoms with E-state index in [4.69, 9.17) is 21.7 Å². The smallest absolute Gasteiger partial charge is 0.250 e. The lowest BCUT2D eigenvalue weighted by atomic mass is 10.2. The van der Waals surface area contributed by atoms with Gasteiger partial charge < -0.3 is 14.8 Å². The first kappa shape index (κ1) is 19.2. The third kappa shape index (κ3) is 6.02. The van der Waals surface area contributed by atoms with E-state index in [2.05, 4.69) is 33.2 Å². The van der Waals surface area contributed by atoms with Crippen LogP contribution in [-0.4, -0.2) is 25.2 Å². The Morgan fingerprint density at radius 2 is 1.76 bits per heavy atom. The summed E-state index contributed by atoms with van der Waals surface area (Å²) in [6.07, 6.45) is 3.08. The van der Waals surface area contributed by atoms with Crippen LogP contribution in [-0.2, 0) is 4.79 Å². The Balaban J connectivity index is 1.93. The molecule has 0 atom stereocenters. The van der Waals surface area contributed by atoms with E-state index in [0.717, 1.165) is 14.8 Å². The van der Waals surface area contributed by atoms with Gasteiger partial charge in [0.25, 0.3) is 0 Å². The van der Waals surface area contributed by atoms with E-state index < -0.39 is 0 Å². The summed E-state index contributed by atoms with van der Waals surface area (Å²) < 4.78 is 11.5. The standard InChI is InChI=1S/C18H17IN2O3S/c1-23-15-9-3-12(11-16(15)24-2)4-10-17(22)21-18(25)20-14-7-5-13(19)6-8-14/h3-11H,1-2H3,(H2,20,21,22,25)/b10-4+. The number of carbonyl (C=O) groups is 1. The molecular weight excluding hydrogens is 451 g/mol. The van der Waals surface area contributed by atoms with Gasteiger partial charge in [-0.1, -0.05) is 6.07 Å². The molecule has 0 aromatic heterocycles. The topological polar surface area (TPSA) is 59.6 Å². The number of hydrogen-bond acceptors (Lipinski definition) is 4. The minimum Gasteiger partial charge on any atom is -0.493 e. The van der Waals surface area contributed by atoms with Gasteiger partial charge in [0.1, 0.15) is 0 Å². The highest BCUT2D eigenvalue weighted by molar-refractivity contribution is 14.1. The Kier molecular flexibility index (Phi) is 7.20. The number of hydrogen-bond donors (Lipinski definition) is 2. The second-order valence-corrected chi connectivity index (χ2v) is 6.55. The predicted octanol–water partition coefficient (Wildman–Crippen LogP) is 3.83. The van der Waals surface area contributed by atoms with Crippen molar-refractivity contribution in [3.05, 3.63) is 57.7 Å². The normalized spacial score (nSPS) is 10.4. The highest BCUT2D eigenvalue weighted by atomic mass is 127. The van der Waals surface area contributed by atoms with Gasteiger partial charge in [-0.15, -0.1) is 0 Å². The van der Waals surface area contributed by atoms with Crippen molar-refractivity contribution in [1.29, 1.82) is 0 Å². The molecule has 0 radical (unpaired) electrons. The van der Waals surface area contributed by atoms with E-state index in [-0.39, 0.29) is 11.0 Å². The maximum atomic E-state index is 12.0. The maximum absolute atomic E-state index is 12.0. The van der Waals surface area contributed by atoms with Crippen molar-refractivity contribution in [2.45, 2.75) is 0 Å². The van der Waals surface area contributed by atoms with Crippen molar-refractivity contribution in [1.82, 2.24) is 5.32 Å². The number of methoxy groups -OCH3 is 2. The monoisotopic (exact) mass is 468 g/mol. The Morgan fingerprint density at radius 1 is 1.08 bits per heavy atom. The van der Waals surface area contributed by atoms with Gasteiger partial charge >= 0.3 is 0 Å². The molecule has 0 unspecified atom stereocenters. The zero-order valence-electron chi connectivity index (χ0n) is 13.7. The number of rotatable bonds is 5. The van der Waals surface area contributed by atoms with E-state index in [9.17, 15) is 4.79 Å². The second kappa shape index (κ2) is 9.38. The number of thiocarbonyl (C=S) groups is 1. The summed E-state index contributed by atoms with van der Waals surface area (Å²) in [5, 5.41) is 5.80. The number of halogens is 1. The summed E-state index contributed by atoms with van der Waals surface area (Å²) in [5.74, 6) is 0.908. The Morgan fingerprint density at radius 3 is 2.40 bits per heavy atom. The third-order valence-electron chi connectivity index (χ3n) is 3.17. The van der Waals surface area contributed by atoms with Gasteiger partial charge in [-0.3, -0.25) is 10.1 Å². The molecule has 7 heteroatoms. The molecule has 1 amide bonds. The molecule has 0 saturated heterocycles. The molecule has 0 bridgehead atoms. The fourth-order valence-electron chi connectivity index (χ4n) is 1.98. The van der Waals surface area contributed by atoms with Crippen LogP contribution in [0.5, 0.6) is 11.5 Å². The molecule has 25 heavy (non-hydrogen) atoms. The quantitative estimate of drug-likeness (QED) is 0.397. The van der Waals surface area contributed by atoms with Crippen LogP contribution in [0.15, 0.2) is 48.5 Å². The minimum absolute atomic E-state index is 0.239. The van der Waals surface area contributed by atoms with Crippen LogP contribution in [0.2, 0.25) is 0 Å². The third-order valence-corrected chi connectivity index (χ3v) is 4.10. The first-order valence-corrected chi connectivity index (χ1v) is 8.78. The fourth-order valence-corrected chi connectivity index (χ4v) is 2.56. The van der Waals surface area contributed by atoms with Gasteiger partial charge in [-0.25, -0.2) is 0 Å². The fraction of sp³-hybridized carbons (Fsp3) is 0.111. The minimum atomic E-state index is -0.321. The average molecular weight is 468 g/mol. The Labute approximate surface area is 165 Å². The van der Waals surface area contributed by atoms with E-state index in [1.165, 1.54) is 6.08 Å². The Bertz CT molecular complexity index is 791. The van der Waals surface area contributed by atoms with E-state index >= 15 is 0 Å². The van der Waals surface area contributed by atoms with Gasteiger partial charge in [0.15, 0.2) is 16.6 Å². The molecular formula is C18H17IN2O3S. The number of amides is 1. The largest absolute Gasteiger partial charge is 0.493 e. The second-order valence-electron chi connectivity index (χ2n) is 4.90. The molecule has 2 aromatic rings. The Hall–Kier alpha value is -2.13. The summed E-state index contributed by atoms with van der Waals surface area (Å²) in [7, 11) is 3.13. The lowest BCUT2D eigenvalue weighted by Crippen LogP contribution is -2.32. The van der Waals surface area contributed by atoms with Crippen LogP contribution in [0.1, 0.15) is 5.56 Å². The average Bonchev–Trinajstić information content (AvgIpc) is 2.61. The number of nitrogens with one attached hydrogen (secondary N) is 2. The number of ether oxygens (including phenoxy) is 2. The van der Waals surface area contributed by atoms with Crippen molar-refractivity contribution in [3.63, 3.8) is 0 Å². The van der Waals surface area contributed by atoms with Crippen LogP contribution in [0.25, 0.3) is 6.08 Å².